The lowest BCUT2D eigenvalue weighted by Gasteiger charge is -2.12. The van der Waals surface area contributed by atoms with Crippen molar-refractivity contribution in [3.05, 3.63) is 30.1 Å². The van der Waals surface area contributed by atoms with E-state index in [1.807, 2.05) is 0 Å². The maximum atomic E-state index is 12.4. The van der Waals surface area contributed by atoms with Crippen LogP contribution in [0.3, 0.4) is 0 Å². The van der Waals surface area contributed by atoms with Gasteiger partial charge in [-0.15, -0.1) is 0 Å². The molecule has 0 aliphatic carbocycles. The largest absolute Gasteiger partial charge is 0.467 e. The molecule has 0 bridgehead atoms. The maximum Gasteiger partial charge on any atom is 0.387 e. The van der Waals surface area contributed by atoms with Gasteiger partial charge in [0.25, 0.3) is 10.0 Å². The highest BCUT2D eigenvalue weighted by Gasteiger charge is 2.24. The van der Waals surface area contributed by atoms with Gasteiger partial charge in [-0.25, -0.2) is 17.9 Å². The third-order valence-corrected chi connectivity index (χ3v) is 4.34. The number of hydrogen-bond acceptors (Lipinski definition) is 8. The van der Waals surface area contributed by atoms with Crippen molar-refractivity contribution >= 4 is 22.0 Å². The van der Waals surface area contributed by atoms with Gasteiger partial charge >= 0.3 is 18.7 Å². The van der Waals surface area contributed by atoms with Gasteiger partial charge in [-0.1, -0.05) is 19.1 Å². The van der Waals surface area contributed by atoms with E-state index in [-0.39, 0.29) is 12.0 Å². The number of para-hydroxylation sites is 1. The molecule has 1 aromatic carbocycles. The Morgan fingerprint density at radius 2 is 1.93 bits per heavy atom. The van der Waals surface area contributed by atoms with Gasteiger partial charge in [-0.2, -0.15) is 23.7 Å². The number of methoxy groups -OCH3 is 1. The van der Waals surface area contributed by atoms with Crippen LogP contribution in [0.2, 0.25) is 0 Å². The number of carbonyl (C=O) groups is 1. The van der Waals surface area contributed by atoms with Crippen LogP contribution in [0, 0.1) is 0 Å². The Morgan fingerprint density at radius 1 is 1.22 bits per heavy atom. The van der Waals surface area contributed by atoms with Gasteiger partial charge < -0.3 is 9.47 Å². The number of carbonyl (C=O) groups excluding carboxylic acids is 1. The smallest absolute Gasteiger partial charge is 0.387 e. The van der Waals surface area contributed by atoms with Gasteiger partial charge in [0, 0.05) is 6.42 Å². The Labute approximate surface area is 153 Å². The van der Waals surface area contributed by atoms with Crippen molar-refractivity contribution in [2.45, 2.75) is 24.9 Å². The molecular formula is C14H15F2N5O5S. The van der Waals surface area contributed by atoms with Crippen LogP contribution in [-0.4, -0.2) is 43.1 Å². The molecule has 0 aliphatic rings. The van der Waals surface area contributed by atoms with Crippen LogP contribution < -0.4 is 19.5 Å². The summed E-state index contributed by atoms with van der Waals surface area (Å²) in [6.07, 6.45) is 0.409. The highest BCUT2D eigenvalue weighted by Crippen LogP contribution is 2.24. The number of nitrogens with one attached hydrogen (secondary N) is 2. The molecule has 0 saturated heterocycles. The number of ether oxygens (including phenoxy) is 2. The van der Waals surface area contributed by atoms with Crippen molar-refractivity contribution in [3.8, 4) is 11.8 Å². The molecule has 13 heteroatoms. The lowest BCUT2D eigenvalue weighted by molar-refractivity contribution is -0.0517. The third-order valence-electron chi connectivity index (χ3n) is 2.97. The molecule has 10 nitrogen and oxygen atoms in total. The number of urea groups is 1. The van der Waals surface area contributed by atoms with Crippen molar-refractivity contribution in [3.63, 3.8) is 0 Å². The minimum absolute atomic E-state index is 0.0734. The van der Waals surface area contributed by atoms with Crippen LogP contribution in [0.15, 0.2) is 29.2 Å². The van der Waals surface area contributed by atoms with E-state index in [4.69, 9.17) is 4.74 Å². The van der Waals surface area contributed by atoms with Crippen molar-refractivity contribution in [1.29, 1.82) is 0 Å². The van der Waals surface area contributed by atoms with E-state index in [0.29, 0.717) is 12.2 Å². The van der Waals surface area contributed by atoms with E-state index in [1.165, 1.54) is 19.2 Å². The first-order valence-corrected chi connectivity index (χ1v) is 8.90. The summed E-state index contributed by atoms with van der Waals surface area (Å²) < 4.78 is 60.2. The average Bonchev–Trinajstić information content (AvgIpc) is 2.60. The second-order valence-corrected chi connectivity index (χ2v) is 6.45. The fourth-order valence-electron chi connectivity index (χ4n) is 1.87. The second-order valence-electron chi connectivity index (χ2n) is 4.80. The molecule has 0 radical (unpaired) electrons. The number of halogens is 2. The first-order chi connectivity index (χ1) is 12.7. The number of amides is 2. The Balaban J connectivity index is 2.20. The number of hydrogen-bond donors (Lipinski definition) is 2. The minimum Gasteiger partial charge on any atom is -0.467 e. The molecule has 0 saturated carbocycles. The molecule has 2 amide bonds. The average molecular weight is 403 g/mol. The number of rotatable bonds is 7. The molecule has 1 aromatic heterocycles. The zero-order valence-corrected chi connectivity index (χ0v) is 15.0. The summed E-state index contributed by atoms with van der Waals surface area (Å²) in [4.78, 5) is 23.0. The summed E-state index contributed by atoms with van der Waals surface area (Å²) in [5, 5.41) is 2.12. The zero-order chi connectivity index (χ0) is 20.0. The molecule has 2 N–H and O–H groups in total. The normalized spacial score (nSPS) is 11.1. The predicted molar refractivity (Wildman–Crippen MR) is 88.2 cm³/mol. The number of aromatic nitrogens is 3. The predicted octanol–water partition coefficient (Wildman–Crippen LogP) is 1.55. The summed E-state index contributed by atoms with van der Waals surface area (Å²) in [6.45, 7) is -1.48. The van der Waals surface area contributed by atoms with Gasteiger partial charge in [0.05, 0.1) is 7.11 Å². The molecule has 0 aliphatic heterocycles. The molecule has 2 aromatic rings. The number of nitrogens with zero attached hydrogens (tertiary/aromatic N) is 3. The highest BCUT2D eigenvalue weighted by atomic mass is 32.2. The van der Waals surface area contributed by atoms with Gasteiger partial charge in [0.2, 0.25) is 5.95 Å². The van der Waals surface area contributed by atoms with E-state index < -0.39 is 33.3 Å². The van der Waals surface area contributed by atoms with Crippen LogP contribution in [0.5, 0.6) is 11.8 Å². The van der Waals surface area contributed by atoms with Crippen LogP contribution >= 0.6 is 0 Å². The van der Waals surface area contributed by atoms with Crippen molar-refractivity contribution < 1.29 is 31.5 Å². The van der Waals surface area contributed by atoms with Crippen molar-refractivity contribution in [2.75, 3.05) is 12.4 Å². The molecule has 0 spiro atoms. The van der Waals surface area contributed by atoms with Gasteiger partial charge in [0.1, 0.15) is 16.5 Å². The second kappa shape index (κ2) is 8.53. The lowest BCUT2D eigenvalue weighted by atomic mass is 10.3. The van der Waals surface area contributed by atoms with E-state index in [9.17, 15) is 22.0 Å². The van der Waals surface area contributed by atoms with Crippen molar-refractivity contribution in [2.24, 2.45) is 0 Å². The third kappa shape index (κ3) is 5.44. The topological polar surface area (TPSA) is 132 Å². The molecular weight excluding hydrogens is 388 g/mol. The summed E-state index contributed by atoms with van der Waals surface area (Å²) in [7, 11) is -3.20. The molecule has 27 heavy (non-hydrogen) atoms. The maximum absolute atomic E-state index is 12.4. The van der Waals surface area contributed by atoms with Gasteiger partial charge in [-0.3, -0.25) is 5.32 Å². The highest BCUT2D eigenvalue weighted by molar-refractivity contribution is 7.90. The molecule has 0 fully saturated rings. The number of anilines is 1. The zero-order valence-electron chi connectivity index (χ0n) is 14.1. The molecule has 0 atom stereocenters. The summed E-state index contributed by atoms with van der Waals surface area (Å²) >= 11 is 0. The first kappa shape index (κ1) is 20.2. The number of alkyl halides is 2. The fourth-order valence-corrected chi connectivity index (χ4v) is 2.92. The van der Waals surface area contributed by atoms with Crippen molar-refractivity contribution in [1.82, 2.24) is 19.7 Å². The number of benzene rings is 1. The monoisotopic (exact) mass is 403 g/mol. The number of aryl methyl sites for hydroxylation is 1. The Bertz CT molecular complexity index is 904. The van der Waals surface area contributed by atoms with Crippen LogP contribution in [0.1, 0.15) is 12.7 Å². The van der Waals surface area contributed by atoms with E-state index in [2.05, 4.69) is 25.0 Å². The van der Waals surface area contributed by atoms with E-state index in [0.717, 1.165) is 12.1 Å². The quantitative estimate of drug-likeness (QED) is 0.712. The Hall–Kier alpha value is -3.09. The van der Waals surface area contributed by atoms with Gasteiger partial charge in [0.15, 0.2) is 0 Å². The molecule has 0 unspecified atom stereocenters. The van der Waals surface area contributed by atoms with Crippen LogP contribution in [0.25, 0.3) is 0 Å². The SMILES string of the molecule is CCc1nc(NC(=O)NS(=O)(=O)c2ccccc2OC(F)F)nc(OC)n1. The van der Waals surface area contributed by atoms with Crippen LogP contribution in [-0.2, 0) is 16.4 Å². The van der Waals surface area contributed by atoms with E-state index >= 15 is 0 Å². The van der Waals surface area contributed by atoms with Gasteiger partial charge in [-0.05, 0) is 12.1 Å². The molecule has 146 valence electrons. The summed E-state index contributed by atoms with van der Waals surface area (Å²) in [6, 6.07) is 3.35. The first-order valence-electron chi connectivity index (χ1n) is 7.41. The Kier molecular flexibility index (Phi) is 6.39. The minimum atomic E-state index is -4.51. The lowest BCUT2D eigenvalue weighted by Crippen LogP contribution is -2.35. The summed E-state index contributed by atoms with van der Waals surface area (Å²) in [5.74, 6) is -0.554. The molecule has 1 heterocycles. The fraction of sp³-hybridized carbons (Fsp3) is 0.286. The molecule has 2 rings (SSSR count). The number of sulfonamides is 1. The standard InChI is InChI=1S/C14H15F2N5O5S/c1-3-10-17-12(20-14(18-10)25-2)19-13(22)21-27(23,24)9-7-5-4-6-8(9)26-11(15)16/h4-7,11H,3H2,1-2H3,(H2,17,18,19,20,21,22). The van der Waals surface area contributed by atoms with Crippen LogP contribution in [0.4, 0.5) is 19.5 Å². The summed E-state index contributed by atoms with van der Waals surface area (Å²) in [5.41, 5.74) is 0. The Morgan fingerprint density at radius 3 is 2.56 bits per heavy atom. The van der Waals surface area contributed by atoms with E-state index in [1.54, 1.807) is 11.6 Å².